The predicted molar refractivity (Wildman–Crippen MR) is 88.7 cm³/mol. The smallest absolute Gasteiger partial charge is 0.101 e. The number of nitrogens with zero attached hydrogens (tertiary/aromatic N) is 1. The van der Waals surface area contributed by atoms with E-state index in [1.54, 1.807) is 0 Å². The summed E-state index contributed by atoms with van der Waals surface area (Å²) in [6.45, 7) is 6.54. The summed E-state index contributed by atoms with van der Waals surface area (Å²) in [6.07, 6.45) is 4.60. The van der Waals surface area contributed by atoms with E-state index in [1.165, 1.54) is 36.0 Å². The summed E-state index contributed by atoms with van der Waals surface area (Å²) in [5.41, 5.74) is 4.57. The van der Waals surface area contributed by atoms with Gasteiger partial charge >= 0.3 is 0 Å². The Morgan fingerprint density at radius 3 is 2.85 bits per heavy atom. The van der Waals surface area contributed by atoms with Gasteiger partial charge in [0, 0.05) is 18.0 Å². The number of fused-ring (bicyclic) bond motifs is 1. The highest BCUT2D eigenvalue weighted by Gasteiger charge is 2.29. The van der Waals surface area contributed by atoms with Crippen molar-refractivity contribution in [2.24, 2.45) is 4.99 Å². The van der Waals surface area contributed by atoms with Crippen LogP contribution in [0.2, 0.25) is 5.02 Å². The molecular weight excluding hydrogens is 291 g/mol. The number of hydrogen-bond acceptors (Lipinski definition) is 2. The molecule has 3 rings (SSSR count). The second-order valence-electron chi connectivity index (χ2n) is 6.26. The van der Waals surface area contributed by atoms with Gasteiger partial charge < -0.3 is 5.32 Å². The van der Waals surface area contributed by atoms with E-state index in [2.05, 4.69) is 36.3 Å². The van der Waals surface area contributed by atoms with Crippen LogP contribution in [-0.4, -0.2) is 18.9 Å². The average Bonchev–Trinajstić information content (AvgIpc) is 2.83. The van der Waals surface area contributed by atoms with Gasteiger partial charge in [-0.1, -0.05) is 25.4 Å². The summed E-state index contributed by atoms with van der Waals surface area (Å²) in [5, 5.41) is 4.22. The molecule has 0 bridgehead atoms. The molecule has 0 aromatic heterocycles. The van der Waals surface area contributed by atoms with Crippen molar-refractivity contribution < 1.29 is 0 Å². The van der Waals surface area contributed by atoms with Gasteiger partial charge in [-0.25, -0.2) is 0 Å². The van der Waals surface area contributed by atoms with E-state index < -0.39 is 0 Å². The van der Waals surface area contributed by atoms with Gasteiger partial charge in [-0.3, -0.25) is 4.99 Å². The molecule has 1 heterocycles. The topological polar surface area (TPSA) is 24.4 Å². The third kappa shape index (κ3) is 2.96. The van der Waals surface area contributed by atoms with Crippen LogP contribution in [0, 0.1) is 0 Å². The van der Waals surface area contributed by atoms with Gasteiger partial charge in [0.25, 0.3) is 0 Å². The van der Waals surface area contributed by atoms with E-state index >= 15 is 0 Å². The summed E-state index contributed by atoms with van der Waals surface area (Å²) in [4.78, 5) is 4.51. The third-order valence-corrected chi connectivity index (χ3v) is 4.58. The maximum absolute atomic E-state index is 6.33. The summed E-state index contributed by atoms with van der Waals surface area (Å²) >= 11 is 6.33. The first-order valence-corrected chi connectivity index (χ1v) is 7.53. The molecule has 1 aromatic carbocycles. The Bertz CT molecular complexity index is 536. The molecule has 1 aliphatic heterocycles. The Balaban J connectivity index is 0.00000147. The minimum absolute atomic E-state index is 0. The Morgan fingerprint density at radius 2 is 2.15 bits per heavy atom. The van der Waals surface area contributed by atoms with Crippen LogP contribution < -0.4 is 5.32 Å². The summed E-state index contributed by atoms with van der Waals surface area (Å²) in [7, 11) is 0. The molecule has 1 aliphatic carbocycles. The molecule has 0 spiro atoms. The maximum Gasteiger partial charge on any atom is 0.101 e. The number of halogens is 2. The number of amidine groups is 1. The number of hydrogen-bond donors (Lipinski definition) is 1. The van der Waals surface area contributed by atoms with Crippen molar-refractivity contribution in [2.45, 2.75) is 44.9 Å². The van der Waals surface area contributed by atoms with Crippen LogP contribution in [0.25, 0.3) is 0 Å². The van der Waals surface area contributed by atoms with Gasteiger partial charge in [-0.2, -0.15) is 0 Å². The molecule has 0 atom stereocenters. The van der Waals surface area contributed by atoms with Gasteiger partial charge in [0.2, 0.25) is 0 Å². The van der Waals surface area contributed by atoms with Crippen LogP contribution in [-0.2, 0) is 18.3 Å². The molecule has 4 heteroatoms. The molecule has 20 heavy (non-hydrogen) atoms. The minimum atomic E-state index is 0. The standard InChI is InChI=1S/C16H21ClN2.ClH/c1-16(2)5-3-4-13-11(8-12(17)10-14(13)16)9-15-18-6-7-19-15;/h8,10H,3-7,9H2,1-2H3,(H,18,19);1H. The molecule has 2 nitrogen and oxygen atoms in total. The Kier molecular flexibility index (Phi) is 4.66. The lowest BCUT2D eigenvalue weighted by atomic mass is 9.71. The molecule has 2 aliphatic rings. The van der Waals surface area contributed by atoms with Crippen molar-refractivity contribution >= 4 is 29.8 Å². The monoisotopic (exact) mass is 312 g/mol. The molecule has 1 aromatic rings. The third-order valence-electron chi connectivity index (χ3n) is 4.37. The van der Waals surface area contributed by atoms with Gasteiger partial charge in [0.05, 0.1) is 6.54 Å². The van der Waals surface area contributed by atoms with Crippen LogP contribution in [0.4, 0.5) is 0 Å². The van der Waals surface area contributed by atoms with Crippen molar-refractivity contribution in [1.82, 2.24) is 5.32 Å². The molecular formula is C16H22Cl2N2. The first-order valence-electron chi connectivity index (χ1n) is 7.15. The summed E-state index contributed by atoms with van der Waals surface area (Å²) in [6, 6.07) is 4.30. The minimum Gasteiger partial charge on any atom is -0.372 e. The van der Waals surface area contributed by atoms with Crippen molar-refractivity contribution in [2.75, 3.05) is 13.1 Å². The second kappa shape index (κ2) is 5.95. The van der Waals surface area contributed by atoms with E-state index in [4.69, 9.17) is 11.6 Å². The fourth-order valence-electron chi connectivity index (χ4n) is 3.34. The lowest BCUT2D eigenvalue weighted by molar-refractivity contribution is 0.430. The van der Waals surface area contributed by atoms with E-state index in [0.717, 1.165) is 30.4 Å². The molecule has 0 unspecified atom stereocenters. The Morgan fingerprint density at radius 1 is 1.35 bits per heavy atom. The van der Waals surface area contributed by atoms with Gasteiger partial charge in [-0.15, -0.1) is 12.4 Å². The van der Waals surface area contributed by atoms with Gasteiger partial charge in [-0.05, 0) is 53.5 Å². The lowest BCUT2D eigenvalue weighted by Gasteiger charge is -2.34. The summed E-state index contributed by atoms with van der Waals surface area (Å²) in [5.74, 6) is 1.12. The number of nitrogens with one attached hydrogen (secondary N) is 1. The zero-order valence-corrected chi connectivity index (χ0v) is 13.7. The van der Waals surface area contributed by atoms with Crippen molar-refractivity contribution in [3.05, 3.63) is 33.8 Å². The average molecular weight is 313 g/mol. The Labute approximate surface area is 132 Å². The quantitative estimate of drug-likeness (QED) is 0.879. The van der Waals surface area contributed by atoms with E-state index in [0.29, 0.717) is 0 Å². The van der Waals surface area contributed by atoms with E-state index in [9.17, 15) is 0 Å². The van der Waals surface area contributed by atoms with E-state index in [1.807, 2.05) is 0 Å². The number of benzene rings is 1. The zero-order chi connectivity index (χ0) is 13.5. The lowest BCUT2D eigenvalue weighted by Crippen LogP contribution is -2.26. The number of aliphatic imine (C=N–C) groups is 1. The van der Waals surface area contributed by atoms with Crippen molar-refractivity contribution in [1.29, 1.82) is 0 Å². The fourth-order valence-corrected chi connectivity index (χ4v) is 3.58. The first-order chi connectivity index (χ1) is 9.06. The molecule has 0 radical (unpaired) electrons. The predicted octanol–water partition coefficient (Wildman–Crippen LogP) is 3.92. The van der Waals surface area contributed by atoms with E-state index in [-0.39, 0.29) is 17.8 Å². The zero-order valence-electron chi connectivity index (χ0n) is 12.1. The highest BCUT2D eigenvalue weighted by molar-refractivity contribution is 6.30. The summed E-state index contributed by atoms with van der Waals surface area (Å²) < 4.78 is 0. The van der Waals surface area contributed by atoms with Crippen LogP contribution in [0.15, 0.2) is 17.1 Å². The first kappa shape index (κ1) is 15.7. The molecule has 110 valence electrons. The molecule has 0 saturated carbocycles. The Hall–Kier alpha value is -0.730. The maximum atomic E-state index is 6.33. The normalized spacial score (nSPS) is 19.6. The van der Waals surface area contributed by atoms with Crippen LogP contribution in [0.5, 0.6) is 0 Å². The van der Waals surface area contributed by atoms with Crippen LogP contribution in [0.3, 0.4) is 0 Å². The highest BCUT2D eigenvalue weighted by Crippen LogP contribution is 2.39. The van der Waals surface area contributed by atoms with Gasteiger partial charge in [0.15, 0.2) is 0 Å². The SMILES string of the molecule is CC1(C)CCCc2c(CC3=NCCN3)cc(Cl)cc21.Cl. The fraction of sp³-hybridized carbons (Fsp3) is 0.562. The molecule has 0 amide bonds. The van der Waals surface area contributed by atoms with Crippen molar-refractivity contribution in [3.8, 4) is 0 Å². The molecule has 0 saturated heterocycles. The molecule has 1 N–H and O–H groups in total. The molecule has 0 fully saturated rings. The van der Waals surface area contributed by atoms with Crippen LogP contribution in [0.1, 0.15) is 43.4 Å². The van der Waals surface area contributed by atoms with Crippen molar-refractivity contribution in [3.63, 3.8) is 0 Å². The number of rotatable bonds is 2. The largest absolute Gasteiger partial charge is 0.372 e. The van der Waals surface area contributed by atoms with Crippen LogP contribution >= 0.6 is 24.0 Å². The van der Waals surface area contributed by atoms with Gasteiger partial charge in [0.1, 0.15) is 5.84 Å². The second-order valence-corrected chi connectivity index (χ2v) is 6.70. The highest BCUT2D eigenvalue weighted by atomic mass is 35.5.